The van der Waals surface area contributed by atoms with E-state index < -0.39 is 0 Å². The number of aromatic nitrogens is 2. The van der Waals surface area contributed by atoms with E-state index in [9.17, 15) is 4.79 Å². The van der Waals surface area contributed by atoms with Crippen molar-refractivity contribution in [2.24, 2.45) is 5.92 Å². The molecule has 0 saturated carbocycles. The summed E-state index contributed by atoms with van der Waals surface area (Å²) in [4.78, 5) is 11.5. The smallest absolute Gasteiger partial charge is 0.228 e. The quantitative estimate of drug-likeness (QED) is 0.664. The Hall–Kier alpha value is -1.11. The van der Waals surface area contributed by atoms with Crippen molar-refractivity contribution < 1.29 is 4.79 Å². The van der Waals surface area contributed by atoms with Crippen molar-refractivity contribution in [2.45, 2.75) is 23.9 Å². The summed E-state index contributed by atoms with van der Waals surface area (Å²) in [6.07, 6.45) is 0. The van der Waals surface area contributed by atoms with Crippen molar-refractivity contribution in [3.05, 3.63) is 34.9 Å². The van der Waals surface area contributed by atoms with Gasteiger partial charge in [-0.2, -0.15) is 0 Å². The van der Waals surface area contributed by atoms with E-state index in [0.717, 1.165) is 15.1 Å². The van der Waals surface area contributed by atoms with Gasteiger partial charge in [0, 0.05) is 16.7 Å². The fourth-order valence-electron chi connectivity index (χ4n) is 1.29. The highest BCUT2D eigenvalue weighted by molar-refractivity contribution is 8.00. The summed E-state index contributed by atoms with van der Waals surface area (Å²) >= 11 is 8.81. The third kappa shape index (κ3) is 4.47. The van der Waals surface area contributed by atoms with Crippen molar-refractivity contribution >= 4 is 45.7 Å². The second kappa shape index (κ2) is 7.06. The molecule has 0 saturated heterocycles. The number of carbonyl (C=O) groups excluding carboxylic acids is 1. The first kappa shape index (κ1) is 15.3. The molecule has 2 rings (SSSR count). The molecule has 1 heterocycles. The summed E-state index contributed by atoms with van der Waals surface area (Å²) in [5.41, 5.74) is 1.17. The third-order valence-electron chi connectivity index (χ3n) is 2.44. The van der Waals surface area contributed by atoms with E-state index in [1.165, 1.54) is 16.9 Å². The van der Waals surface area contributed by atoms with Gasteiger partial charge in [-0.3, -0.25) is 4.79 Å². The Labute approximate surface area is 130 Å². The number of hydrogen-bond donors (Lipinski definition) is 1. The third-order valence-corrected chi connectivity index (χ3v) is 4.73. The van der Waals surface area contributed by atoms with Crippen LogP contribution in [-0.2, 0) is 10.5 Å². The molecule has 1 amide bonds. The maximum atomic E-state index is 11.5. The van der Waals surface area contributed by atoms with Gasteiger partial charge in [0.15, 0.2) is 4.34 Å². The predicted octanol–water partition coefficient (Wildman–Crippen LogP) is 4.08. The summed E-state index contributed by atoms with van der Waals surface area (Å²) in [6.45, 7) is 3.68. The number of halogens is 1. The van der Waals surface area contributed by atoms with Gasteiger partial charge in [0.05, 0.1) is 0 Å². The Morgan fingerprint density at radius 3 is 2.70 bits per heavy atom. The molecule has 0 aliphatic rings. The second-order valence-electron chi connectivity index (χ2n) is 4.43. The van der Waals surface area contributed by atoms with E-state index in [1.807, 2.05) is 38.1 Å². The van der Waals surface area contributed by atoms with Gasteiger partial charge in [0.25, 0.3) is 0 Å². The summed E-state index contributed by atoms with van der Waals surface area (Å²) < 4.78 is 0.832. The van der Waals surface area contributed by atoms with Crippen LogP contribution in [0.5, 0.6) is 0 Å². The molecule has 2 aromatic rings. The standard InChI is InChI=1S/C13H14ClN3OS2/c1-8(2)11(18)15-12-16-17-13(20-12)19-7-9-3-5-10(14)6-4-9/h3-6,8H,7H2,1-2H3,(H,15,16,18). The number of rotatable bonds is 5. The van der Waals surface area contributed by atoms with Crippen molar-refractivity contribution in [2.75, 3.05) is 5.32 Å². The number of hydrogen-bond acceptors (Lipinski definition) is 5. The van der Waals surface area contributed by atoms with E-state index in [0.29, 0.717) is 5.13 Å². The normalized spacial score (nSPS) is 10.8. The highest BCUT2D eigenvalue weighted by Crippen LogP contribution is 2.28. The van der Waals surface area contributed by atoms with Crippen LogP contribution in [0.4, 0.5) is 5.13 Å². The second-order valence-corrected chi connectivity index (χ2v) is 7.07. The minimum atomic E-state index is -0.0657. The Bertz CT molecular complexity index is 584. The topological polar surface area (TPSA) is 54.9 Å². The van der Waals surface area contributed by atoms with Crippen LogP contribution in [0.25, 0.3) is 0 Å². The number of amides is 1. The molecule has 0 bridgehead atoms. The van der Waals surface area contributed by atoms with Crippen molar-refractivity contribution in [3.63, 3.8) is 0 Å². The molecule has 0 spiro atoms. The number of nitrogens with one attached hydrogen (secondary N) is 1. The first-order valence-corrected chi connectivity index (χ1v) is 8.24. The Morgan fingerprint density at radius 2 is 2.05 bits per heavy atom. The number of nitrogens with zero attached hydrogens (tertiary/aromatic N) is 2. The van der Waals surface area contributed by atoms with Crippen molar-refractivity contribution in [1.29, 1.82) is 0 Å². The number of anilines is 1. The lowest BCUT2D eigenvalue weighted by Gasteiger charge is -2.02. The molecule has 7 heteroatoms. The minimum Gasteiger partial charge on any atom is -0.300 e. The lowest BCUT2D eigenvalue weighted by atomic mass is 10.2. The van der Waals surface area contributed by atoms with Crippen LogP contribution in [0.1, 0.15) is 19.4 Å². The lowest BCUT2D eigenvalue weighted by Crippen LogP contribution is -2.17. The number of benzene rings is 1. The van der Waals surface area contributed by atoms with E-state index in [2.05, 4.69) is 15.5 Å². The van der Waals surface area contributed by atoms with Crippen molar-refractivity contribution in [1.82, 2.24) is 10.2 Å². The molecule has 0 aliphatic heterocycles. The zero-order valence-electron chi connectivity index (χ0n) is 11.1. The first-order chi connectivity index (χ1) is 9.54. The molecule has 0 fully saturated rings. The van der Waals surface area contributed by atoms with Gasteiger partial charge in [-0.05, 0) is 17.7 Å². The molecule has 0 atom stereocenters. The predicted molar refractivity (Wildman–Crippen MR) is 84.4 cm³/mol. The maximum Gasteiger partial charge on any atom is 0.228 e. The van der Waals surface area contributed by atoms with Crippen LogP contribution in [0.15, 0.2) is 28.6 Å². The average molecular weight is 328 g/mol. The molecule has 20 heavy (non-hydrogen) atoms. The highest BCUT2D eigenvalue weighted by Gasteiger charge is 2.11. The molecule has 1 aromatic heterocycles. The fourth-order valence-corrected chi connectivity index (χ4v) is 3.13. The summed E-state index contributed by atoms with van der Waals surface area (Å²) in [5, 5.41) is 12.0. The van der Waals surface area contributed by atoms with Gasteiger partial charge in [-0.15, -0.1) is 10.2 Å². The Kier molecular flexibility index (Phi) is 5.39. The van der Waals surface area contributed by atoms with Crippen LogP contribution in [0.3, 0.4) is 0 Å². The number of thioether (sulfide) groups is 1. The first-order valence-electron chi connectivity index (χ1n) is 6.06. The summed E-state index contributed by atoms with van der Waals surface area (Å²) in [7, 11) is 0. The van der Waals surface area contributed by atoms with Crippen LogP contribution in [-0.4, -0.2) is 16.1 Å². The molecule has 0 aliphatic carbocycles. The maximum absolute atomic E-state index is 11.5. The van der Waals surface area contributed by atoms with Gasteiger partial charge in [-0.25, -0.2) is 0 Å². The van der Waals surface area contributed by atoms with Crippen LogP contribution in [0.2, 0.25) is 5.02 Å². The molecule has 4 nitrogen and oxygen atoms in total. The van der Waals surface area contributed by atoms with Gasteiger partial charge in [0.1, 0.15) is 0 Å². The number of carbonyl (C=O) groups is 1. The molecule has 1 N–H and O–H groups in total. The zero-order chi connectivity index (χ0) is 14.5. The molecular weight excluding hydrogens is 314 g/mol. The fraction of sp³-hybridized carbons (Fsp3) is 0.308. The molecular formula is C13H14ClN3OS2. The lowest BCUT2D eigenvalue weighted by molar-refractivity contribution is -0.118. The van der Waals surface area contributed by atoms with Crippen molar-refractivity contribution in [3.8, 4) is 0 Å². The molecule has 0 unspecified atom stereocenters. The van der Waals surface area contributed by atoms with E-state index in [-0.39, 0.29) is 11.8 Å². The van der Waals surface area contributed by atoms with Crippen LogP contribution < -0.4 is 5.32 Å². The minimum absolute atomic E-state index is 0.0459. The van der Waals surface area contributed by atoms with Gasteiger partial charge < -0.3 is 5.32 Å². The molecule has 1 aromatic carbocycles. The van der Waals surface area contributed by atoms with Gasteiger partial charge in [0.2, 0.25) is 11.0 Å². The summed E-state index contributed by atoms with van der Waals surface area (Å²) in [6, 6.07) is 7.70. The SMILES string of the molecule is CC(C)C(=O)Nc1nnc(SCc2ccc(Cl)cc2)s1. The molecule has 106 valence electrons. The highest BCUT2D eigenvalue weighted by atomic mass is 35.5. The van der Waals surface area contributed by atoms with Crippen LogP contribution >= 0.6 is 34.7 Å². The van der Waals surface area contributed by atoms with E-state index in [1.54, 1.807) is 11.8 Å². The van der Waals surface area contributed by atoms with Gasteiger partial charge in [-0.1, -0.05) is 60.7 Å². The van der Waals surface area contributed by atoms with E-state index in [4.69, 9.17) is 11.6 Å². The molecule has 0 radical (unpaired) electrons. The Morgan fingerprint density at radius 1 is 1.35 bits per heavy atom. The largest absolute Gasteiger partial charge is 0.300 e. The van der Waals surface area contributed by atoms with E-state index >= 15 is 0 Å². The zero-order valence-corrected chi connectivity index (χ0v) is 13.5. The summed E-state index contributed by atoms with van der Waals surface area (Å²) in [5.74, 6) is 0.684. The van der Waals surface area contributed by atoms with Crippen LogP contribution in [0, 0.1) is 5.92 Å². The average Bonchev–Trinajstić information content (AvgIpc) is 2.85. The monoisotopic (exact) mass is 327 g/mol. The van der Waals surface area contributed by atoms with Gasteiger partial charge >= 0.3 is 0 Å². The Balaban J connectivity index is 1.89.